The van der Waals surface area contributed by atoms with Crippen molar-refractivity contribution in [1.29, 1.82) is 0 Å². The summed E-state index contributed by atoms with van der Waals surface area (Å²) in [5, 5.41) is 19.0. The van der Waals surface area contributed by atoms with Crippen LogP contribution in [0.1, 0.15) is 94.3 Å². The van der Waals surface area contributed by atoms with E-state index in [0.29, 0.717) is 24.5 Å². The van der Waals surface area contributed by atoms with Crippen molar-refractivity contribution < 1.29 is 19.8 Å². The predicted molar refractivity (Wildman–Crippen MR) is 111 cm³/mol. The number of carbonyl (C=O) groups excluding carboxylic acids is 1. The van der Waals surface area contributed by atoms with Crippen molar-refractivity contribution in [3.8, 4) is 0 Å². The van der Waals surface area contributed by atoms with Gasteiger partial charge in [-0.05, 0) is 49.1 Å². The summed E-state index contributed by atoms with van der Waals surface area (Å²) < 4.78 is 0. The van der Waals surface area contributed by atoms with Crippen molar-refractivity contribution in [1.82, 2.24) is 0 Å². The number of Topliss-reactive ketones (excluding diaryl/α,β-unsaturated/α-hetero) is 1. The van der Waals surface area contributed by atoms with Crippen LogP contribution in [0, 0.1) is 5.92 Å². The molecule has 0 aromatic heterocycles. The summed E-state index contributed by atoms with van der Waals surface area (Å²) in [5.41, 5.74) is 1.98. The lowest BCUT2D eigenvalue weighted by atomic mass is 9.85. The summed E-state index contributed by atoms with van der Waals surface area (Å²) >= 11 is 0. The Hall–Kier alpha value is -1.94. The van der Waals surface area contributed by atoms with Gasteiger partial charge in [-0.3, -0.25) is 9.59 Å². The molecule has 2 N–H and O–H groups in total. The SMILES string of the molecule is CCCCC[C@@H](O)c1ccc([C@H]2C(=O)CCC2C/C=C\CCCC(=O)O)cc1. The van der Waals surface area contributed by atoms with Crippen LogP contribution in [0.2, 0.25) is 0 Å². The number of aliphatic hydroxyl groups excluding tert-OH is 1. The minimum atomic E-state index is -0.756. The van der Waals surface area contributed by atoms with E-state index in [1.165, 1.54) is 0 Å². The van der Waals surface area contributed by atoms with Crippen molar-refractivity contribution in [3.05, 3.63) is 47.5 Å². The van der Waals surface area contributed by atoms with Crippen molar-refractivity contribution in [2.75, 3.05) is 0 Å². The molecule has 28 heavy (non-hydrogen) atoms. The molecule has 1 aliphatic rings. The lowest BCUT2D eigenvalue weighted by molar-refractivity contribution is -0.137. The van der Waals surface area contributed by atoms with Crippen molar-refractivity contribution in [3.63, 3.8) is 0 Å². The molecule has 1 aliphatic carbocycles. The van der Waals surface area contributed by atoms with Gasteiger partial charge >= 0.3 is 5.97 Å². The molecule has 0 aliphatic heterocycles. The predicted octanol–water partition coefficient (Wildman–Crippen LogP) is 5.56. The van der Waals surface area contributed by atoms with Crippen LogP contribution in [0.3, 0.4) is 0 Å². The van der Waals surface area contributed by atoms with Crippen LogP contribution in [0.4, 0.5) is 0 Å². The molecule has 1 aromatic rings. The maximum atomic E-state index is 12.4. The smallest absolute Gasteiger partial charge is 0.303 e. The minimum Gasteiger partial charge on any atom is -0.481 e. The summed E-state index contributed by atoms with van der Waals surface area (Å²) in [4.78, 5) is 23.0. The Bertz CT molecular complexity index is 647. The maximum absolute atomic E-state index is 12.4. The first kappa shape index (κ1) is 22.4. The summed E-state index contributed by atoms with van der Waals surface area (Å²) in [6.45, 7) is 2.15. The number of rotatable bonds is 12. The van der Waals surface area contributed by atoms with E-state index in [9.17, 15) is 14.7 Å². The van der Waals surface area contributed by atoms with Gasteiger partial charge in [0.2, 0.25) is 0 Å². The maximum Gasteiger partial charge on any atom is 0.303 e. The standard InChI is InChI=1S/C24H34O4/c1-2-3-6-10-21(25)18-12-14-20(15-13-18)24-19(16-17-22(24)26)9-7-4-5-8-11-23(27)28/h4,7,12-15,19,21,24-25H,2-3,5-6,8-11,16-17H2,1H3,(H,27,28)/b7-4-/t19?,21-,24+/m1/s1. The average molecular weight is 387 g/mol. The fourth-order valence-corrected chi connectivity index (χ4v) is 4.06. The Kier molecular flexibility index (Phi) is 9.42. The Morgan fingerprint density at radius 1 is 1.18 bits per heavy atom. The first-order valence-electron chi connectivity index (χ1n) is 10.7. The number of allylic oxidation sites excluding steroid dienone is 2. The van der Waals surface area contributed by atoms with Gasteiger partial charge in [-0.15, -0.1) is 0 Å². The molecule has 154 valence electrons. The Labute approximate surface area is 168 Å². The number of hydrogen-bond donors (Lipinski definition) is 2. The van der Waals surface area contributed by atoms with Crippen LogP contribution in [0.5, 0.6) is 0 Å². The number of carboxylic acid groups (broad SMARTS) is 1. The molecule has 4 nitrogen and oxygen atoms in total. The zero-order chi connectivity index (χ0) is 20.4. The molecule has 2 rings (SSSR count). The second kappa shape index (κ2) is 11.8. The number of ketones is 1. The Balaban J connectivity index is 1.91. The molecule has 1 saturated carbocycles. The normalized spacial score (nSPS) is 20.7. The van der Waals surface area contributed by atoms with Crippen LogP contribution < -0.4 is 0 Å². The van der Waals surface area contributed by atoms with Gasteiger partial charge in [-0.25, -0.2) is 0 Å². The van der Waals surface area contributed by atoms with E-state index in [-0.39, 0.29) is 12.3 Å². The number of unbranched alkanes of at least 4 members (excludes halogenated alkanes) is 3. The molecule has 0 amide bonds. The summed E-state index contributed by atoms with van der Waals surface area (Å²) in [5.74, 6) is -0.201. The quantitative estimate of drug-likeness (QED) is 0.364. The van der Waals surface area contributed by atoms with E-state index in [4.69, 9.17) is 5.11 Å². The van der Waals surface area contributed by atoms with Crippen LogP contribution in [0.25, 0.3) is 0 Å². The molecule has 0 saturated heterocycles. The van der Waals surface area contributed by atoms with Crippen LogP contribution >= 0.6 is 0 Å². The van der Waals surface area contributed by atoms with Gasteiger partial charge in [0, 0.05) is 18.8 Å². The average Bonchev–Trinajstić information content (AvgIpc) is 3.05. The van der Waals surface area contributed by atoms with Crippen LogP contribution in [0.15, 0.2) is 36.4 Å². The van der Waals surface area contributed by atoms with E-state index in [1.54, 1.807) is 0 Å². The molecule has 1 fully saturated rings. The van der Waals surface area contributed by atoms with E-state index < -0.39 is 12.1 Å². The number of hydrogen-bond acceptors (Lipinski definition) is 3. The first-order chi connectivity index (χ1) is 13.5. The number of aliphatic carboxylic acids is 1. The number of carboxylic acids is 1. The van der Waals surface area contributed by atoms with Crippen molar-refractivity contribution >= 4 is 11.8 Å². The van der Waals surface area contributed by atoms with Crippen molar-refractivity contribution in [2.45, 2.75) is 83.2 Å². The number of benzene rings is 1. The molecule has 0 heterocycles. The molecule has 1 aromatic carbocycles. The molecule has 0 spiro atoms. The minimum absolute atomic E-state index is 0.0602. The van der Waals surface area contributed by atoms with Crippen molar-refractivity contribution in [2.24, 2.45) is 5.92 Å². The summed E-state index contributed by atoms with van der Waals surface area (Å²) in [7, 11) is 0. The van der Waals surface area contributed by atoms with Gasteiger partial charge in [0.25, 0.3) is 0 Å². The van der Waals surface area contributed by atoms with Gasteiger partial charge in [0.05, 0.1) is 6.10 Å². The first-order valence-corrected chi connectivity index (χ1v) is 10.7. The van der Waals surface area contributed by atoms with Gasteiger partial charge < -0.3 is 10.2 Å². The van der Waals surface area contributed by atoms with Gasteiger partial charge in [0.1, 0.15) is 5.78 Å². The molecule has 1 unspecified atom stereocenters. The fourth-order valence-electron chi connectivity index (χ4n) is 4.06. The highest BCUT2D eigenvalue weighted by atomic mass is 16.4. The third-order valence-electron chi connectivity index (χ3n) is 5.71. The molecular weight excluding hydrogens is 352 g/mol. The van der Waals surface area contributed by atoms with E-state index in [2.05, 4.69) is 13.0 Å². The number of carbonyl (C=O) groups is 2. The monoisotopic (exact) mass is 386 g/mol. The highest BCUT2D eigenvalue weighted by Gasteiger charge is 2.34. The third kappa shape index (κ3) is 6.90. The second-order valence-corrected chi connectivity index (χ2v) is 7.91. The molecule has 0 radical (unpaired) electrons. The fraction of sp³-hybridized carbons (Fsp3) is 0.583. The lowest BCUT2D eigenvalue weighted by Crippen LogP contribution is -2.12. The zero-order valence-electron chi connectivity index (χ0n) is 17.0. The van der Waals surface area contributed by atoms with Crippen LogP contribution in [-0.4, -0.2) is 22.0 Å². The number of aliphatic hydroxyl groups is 1. The highest BCUT2D eigenvalue weighted by Crippen LogP contribution is 2.39. The molecular formula is C24H34O4. The Morgan fingerprint density at radius 3 is 2.61 bits per heavy atom. The molecule has 0 bridgehead atoms. The van der Waals surface area contributed by atoms with E-state index in [1.807, 2.05) is 30.3 Å². The topological polar surface area (TPSA) is 74.6 Å². The van der Waals surface area contributed by atoms with E-state index >= 15 is 0 Å². The second-order valence-electron chi connectivity index (χ2n) is 7.91. The lowest BCUT2D eigenvalue weighted by Gasteiger charge is -2.18. The third-order valence-corrected chi connectivity index (χ3v) is 5.71. The zero-order valence-corrected chi connectivity index (χ0v) is 17.0. The van der Waals surface area contributed by atoms with E-state index in [0.717, 1.165) is 56.1 Å². The Morgan fingerprint density at radius 2 is 1.93 bits per heavy atom. The largest absolute Gasteiger partial charge is 0.481 e. The van der Waals surface area contributed by atoms with Gasteiger partial charge in [-0.2, -0.15) is 0 Å². The molecule has 4 heteroatoms. The highest BCUT2D eigenvalue weighted by molar-refractivity contribution is 5.88. The van der Waals surface area contributed by atoms with Gasteiger partial charge in [0.15, 0.2) is 0 Å². The summed E-state index contributed by atoms with van der Waals surface area (Å²) in [6, 6.07) is 7.96. The van der Waals surface area contributed by atoms with Gasteiger partial charge in [-0.1, -0.05) is 62.6 Å². The van der Waals surface area contributed by atoms with Crippen LogP contribution in [-0.2, 0) is 9.59 Å². The summed E-state index contributed by atoms with van der Waals surface area (Å²) in [6.07, 6.45) is 11.8. The molecule has 3 atom stereocenters.